The van der Waals surface area contributed by atoms with E-state index in [1.54, 1.807) is 41.0 Å². The fraction of sp³-hybridized carbons (Fsp3) is 0.661. The highest BCUT2D eigenvalue weighted by Gasteiger charge is 2.58. The van der Waals surface area contributed by atoms with E-state index in [-0.39, 0.29) is 111 Å². The highest BCUT2D eigenvalue weighted by Crippen LogP contribution is 2.43. The minimum Gasteiger partial charge on any atom is -0.459 e. The molecule has 4 heterocycles. The summed E-state index contributed by atoms with van der Waals surface area (Å²) >= 11 is 1.51. The highest BCUT2D eigenvalue weighted by molar-refractivity contribution is 7.99. The van der Waals surface area contributed by atoms with Crippen LogP contribution in [0.5, 0.6) is 0 Å². The van der Waals surface area contributed by atoms with Crippen molar-refractivity contribution in [2.45, 2.75) is 193 Å². The van der Waals surface area contributed by atoms with Crippen molar-refractivity contribution in [1.29, 1.82) is 0 Å². The molecule has 1 aromatic carbocycles. The number of urea groups is 1. The van der Waals surface area contributed by atoms with Crippen LogP contribution in [0.1, 0.15) is 138 Å². The summed E-state index contributed by atoms with van der Waals surface area (Å²) in [6.45, 7) is 14.3. The number of rotatable bonds is 32. The number of hydrogen-bond donors (Lipinski definition) is 6. The normalized spacial score (nSPS) is 24.4. The summed E-state index contributed by atoms with van der Waals surface area (Å²) in [6.07, 6.45) is 13.2. The number of carbonyl (C=O) groups excluding carboxylic acids is 9. The van der Waals surface area contributed by atoms with Gasteiger partial charge in [0.1, 0.15) is 36.3 Å². The number of thioether (sulfide) groups is 1. The maximum absolute atomic E-state index is 13.7. The van der Waals surface area contributed by atoms with E-state index in [9.17, 15) is 48.3 Å². The fourth-order valence-corrected chi connectivity index (χ4v) is 11.3. The number of aliphatic hydroxyl groups is 1. The minimum atomic E-state index is -0.916. The number of carbonyl (C=O) groups is 9. The van der Waals surface area contributed by atoms with Gasteiger partial charge in [-0.2, -0.15) is 11.8 Å². The molecule has 1 spiro atoms. The van der Waals surface area contributed by atoms with Gasteiger partial charge in [-0.05, 0) is 101 Å². The average Bonchev–Trinajstić information content (AvgIpc) is 2.57. The van der Waals surface area contributed by atoms with Gasteiger partial charge in [0.25, 0.3) is 0 Å². The van der Waals surface area contributed by atoms with Crippen molar-refractivity contribution >= 4 is 70.7 Å². The topological polar surface area (TPSA) is 304 Å². The first-order valence-electron chi connectivity index (χ1n) is 30.0. The van der Waals surface area contributed by atoms with Gasteiger partial charge in [0.2, 0.25) is 23.6 Å². The second-order valence-electron chi connectivity index (χ2n) is 23.4. The third-order valence-corrected chi connectivity index (χ3v) is 16.5. The molecule has 22 nitrogen and oxygen atoms in total. The van der Waals surface area contributed by atoms with Crippen LogP contribution < -0.4 is 27.0 Å². The number of ketones is 2. The quantitative estimate of drug-likeness (QED) is 0.0153. The van der Waals surface area contributed by atoms with Crippen LogP contribution in [0.4, 0.5) is 15.3 Å². The lowest BCUT2D eigenvalue weighted by atomic mass is 9.87. The summed E-state index contributed by atoms with van der Waals surface area (Å²) in [6, 6.07) is 5.07. The van der Waals surface area contributed by atoms with Gasteiger partial charge in [-0.3, -0.25) is 33.6 Å². The SMILES string of the molecule is CSCC(=O)CCCCCCC(=O)N[C@H](C(=O)C[C@@H](CCCNC(N)=O)C(=O)Nc1ccc(COC(=O)N2CCN(C(=O)C[C@@H]3C[C@@]4(CO4)[C@H](O)[C@@H](/C=C/C(C)=C/C[C@@H]4O[C@H](C)[C@H](NC(=O)/C=C\[C@H](C)OC(C)=O)C[C@@H]4C)O3)CC2)cc1)C(C)C. The number of unbranched alkanes of at least 4 members (excludes halogenated alkanes) is 3. The summed E-state index contributed by atoms with van der Waals surface area (Å²) in [5.41, 5.74) is 6.51. The molecule has 7 amide bonds. The van der Waals surface area contributed by atoms with E-state index in [0.717, 1.165) is 31.3 Å². The fourth-order valence-electron chi connectivity index (χ4n) is 10.8. The van der Waals surface area contributed by atoms with Crippen LogP contribution in [0.3, 0.4) is 0 Å². The lowest BCUT2D eigenvalue weighted by Gasteiger charge is -2.39. The zero-order valence-corrected chi connectivity index (χ0v) is 51.8. The summed E-state index contributed by atoms with van der Waals surface area (Å²) in [5.74, 6) is -1.92. The first kappa shape index (κ1) is 69.6. The Hall–Kier alpha value is -6.14. The van der Waals surface area contributed by atoms with Gasteiger partial charge in [-0.25, -0.2) is 9.59 Å². The molecule has 5 rings (SSSR count). The lowest BCUT2D eigenvalue weighted by molar-refractivity contribution is -0.152. The van der Waals surface area contributed by atoms with Gasteiger partial charge in [0.15, 0.2) is 5.78 Å². The number of allylic oxidation sites excluding steroid dienone is 2. The molecular formula is C62H93N7O15S. The van der Waals surface area contributed by atoms with Crippen LogP contribution in [0.15, 0.2) is 60.2 Å². The molecule has 0 aliphatic carbocycles. The number of epoxide rings is 1. The van der Waals surface area contributed by atoms with E-state index in [1.807, 2.05) is 46.1 Å². The predicted octanol–water partition coefficient (Wildman–Crippen LogP) is 6.22. The Morgan fingerprint density at radius 2 is 1.59 bits per heavy atom. The number of piperazine rings is 1. The molecule has 85 heavy (non-hydrogen) atoms. The van der Waals surface area contributed by atoms with Crippen LogP contribution in [0.25, 0.3) is 0 Å². The number of benzene rings is 1. The number of esters is 1. The summed E-state index contributed by atoms with van der Waals surface area (Å²) < 4.78 is 29.1. The van der Waals surface area contributed by atoms with E-state index in [2.05, 4.69) is 34.3 Å². The van der Waals surface area contributed by atoms with Crippen LogP contribution in [-0.4, -0.2) is 174 Å². The van der Waals surface area contributed by atoms with Crippen molar-refractivity contribution in [1.82, 2.24) is 25.8 Å². The van der Waals surface area contributed by atoms with Crippen LogP contribution in [0.2, 0.25) is 0 Å². The number of nitrogens with two attached hydrogens (primary N) is 1. The number of nitrogens with zero attached hydrogens (tertiary/aromatic N) is 2. The monoisotopic (exact) mass is 1210 g/mol. The Morgan fingerprint density at radius 3 is 2.24 bits per heavy atom. The molecule has 4 aliphatic rings. The average molecular weight is 1210 g/mol. The molecule has 0 saturated carbocycles. The molecule has 23 heteroatoms. The van der Waals surface area contributed by atoms with Gasteiger partial charge in [-0.15, -0.1) is 0 Å². The Balaban J connectivity index is 1.04. The molecule has 472 valence electrons. The maximum atomic E-state index is 13.7. The molecular weight excluding hydrogens is 1110 g/mol. The van der Waals surface area contributed by atoms with Gasteiger partial charge in [-0.1, -0.05) is 69.5 Å². The first-order chi connectivity index (χ1) is 40.4. The maximum Gasteiger partial charge on any atom is 0.410 e. The zero-order chi connectivity index (χ0) is 62.2. The van der Waals surface area contributed by atoms with E-state index in [0.29, 0.717) is 68.8 Å². The molecule has 4 fully saturated rings. The van der Waals surface area contributed by atoms with E-state index < -0.39 is 66.0 Å². The van der Waals surface area contributed by atoms with Crippen molar-refractivity contribution in [2.24, 2.45) is 23.5 Å². The third kappa shape index (κ3) is 23.9. The van der Waals surface area contributed by atoms with Crippen LogP contribution in [0, 0.1) is 17.8 Å². The number of primary amides is 1. The van der Waals surface area contributed by atoms with Crippen molar-refractivity contribution < 1.29 is 71.9 Å². The number of anilines is 1. The van der Waals surface area contributed by atoms with Crippen molar-refractivity contribution in [2.75, 3.05) is 56.7 Å². The summed E-state index contributed by atoms with van der Waals surface area (Å²) in [7, 11) is 0. The number of aliphatic hydroxyl groups excluding tert-OH is 1. The largest absolute Gasteiger partial charge is 0.459 e. The number of amides is 7. The second kappa shape index (κ2) is 34.9. The summed E-state index contributed by atoms with van der Waals surface area (Å²) in [5, 5.41) is 22.6. The minimum absolute atomic E-state index is 0.0467. The van der Waals surface area contributed by atoms with Gasteiger partial charge in [0.05, 0.1) is 49.2 Å². The van der Waals surface area contributed by atoms with Gasteiger partial charge < -0.3 is 65.6 Å². The number of Topliss-reactive ketones (excluding diaryl/α,β-unsaturated/α-hetero) is 2. The molecule has 1 aromatic rings. The van der Waals surface area contributed by atoms with E-state index in [1.165, 1.54) is 30.8 Å². The second-order valence-corrected chi connectivity index (χ2v) is 24.3. The first-order valence-corrected chi connectivity index (χ1v) is 31.4. The predicted molar refractivity (Wildman–Crippen MR) is 322 cm³/mol. The van der Waals surface area contributed by atoms with E-state index in [4.69, 9.17) is 29.4 Å². The lowest BCUT2D eigenvalue weighted by Crippen LogP contribution is -2.53. The Kier molecular flexibility index (Phi) is 28.6. The van der Waals surface area contributed by atoms with Crippen LogP contribution in [-0.2, 0) is 63.9 Å². The smallest absolute Gasteiger partial charge is 0.410 e. The zero-order valence-electron chi connectivity index (χ0n) is 50.9. The van der Waals surface area contributed by atoms with Crippen molar-refractivity contribution in [3.63, 3.8) is 0 Å². The molecule has 4 aliphatic heterocycles. The molecule has 0 aromatic heterocycles. The van der Waals surface area contributed by atoms with Crippen LogP contribution >= 0.6 is 11.8 Å². The highest BCUT2D eigenvalue weighted by atomic mass is 32.2. The molecule has 0 unspecified atom stereocenters. The standard InChI is InChI=1S/C62H93N7O15S/c1-39(2)57(67-54(73)16-12-10-9-11-15-48(71)37-85-8)51(72)33-46(14-13-27-64-60(63)78)59(77)65-47-22-20-45(21-23-47)36-80-61(79)69-30-28-68(29-31-69)56(75)34-49-35-62(38-81-62)58(76)53(84-49)25-18-40(3)17-24-52-41(4)32-50(43(6)83-52)66-55(74)26-19-42(5)82-44(7)70/h17-23,25-26,39,41-43,46,49-50,52-53,57-58,76H,9-16,24,27-38H2,1-8H3,(H,65,77)(H,66,74)(H,67,73)(H3,63,64,78)/b25-18+,26-19-,40-17+/t41-,42-,43+,46+,49+,50+,52-,53+,57-,58+,62+/m0/s1. The van der Waals surface area contributed by atoms with Crippen molar-refractivity contribution in [3.8, 4) is 0 Å². The molecule has 7 N–H and O–H groups in total. The van der Waals surface area contributed by atoms with Gasteiger partial charge >= 0.3 is 18.1 Å². The molecule has 11 atom stereocenters. The molecule has 4 saturated heterocycles. The van der Waals surface area contributed by atoms with E-state index >= 15 is 0 Å². The number of nitrogens with one attached hydrogen (secondary N) is 4. The number of ether oxygens (including phenoxy) is 5. The Bertz CT molecular complexity index is 2510. The molecule has 0 radical (unpaired) electrons. The third-order valence-electron chi connectivity index (χ3n) is 15.9. The number of hydrogen-bond acceptors (Lipinski definition) is 16. The van der Waals surface area contributed by atoms with Crippen molar-refractivity contribution in [3.05, 3.63) is 65.8 Å². The Morgan fingerprint density at radius 1 is 0.906 bits per heavy atom. The molecule has 0 bridgehead atoms. The summed E-state index contributed by atoms with van der Waals surface area (Å²) in [4.78, 5) is 117. The van der Waals surface area contributed by atoms with Gasteiger partial charge in [0, 0.05) is 83.0 Å². The Labute approximate surface area is 505 Å².